The molecule has 2 aliphatic rings. The standard InChI is InChI=1S/C30H37N3O2S/c1-20-16-21(2)31-29(35-19-24-8-6-5-7-9-24)25(20)18-33-15-12-26-28(30(33)34)22(3)27(36-26)17-23-10-13-32(4)14-11-23/h5-9,16,23H,10-15,17-19H2,1-4H3. The van der Waals surface area contributed by atoms with Crippen LogP contribution in [0.2, 0.25) is 0 Å². The Morgan fingerprint density at radius 1 is 1.08 bits per heavy atom. The van der Waals surface area contributed by atoms with Crippen molar-refractivity contribution in [2.75, 3.05) is 26.7 Å². The molecule has 5 nitrogen and oxygen atoms in total. The summed E-state index contributed by atoms with van der Waals surface area (Å²) in [6.45, 7) is 10.3. The summed E-state index contributed by atoms with van der Waals surface area (Å²) in [5, 5.41) is 0. The van der Waals surface area contributed by atoms with Crippen molar-refractivity contribution in [1.29, 1.82) is 0 Å². The number of carbonyl (C=O) groups excluding carboxylic acids is 1. The molecule has 1 aromatic carbocycles. The van der Waals surface area contributed by atoms with E-state index in [0.717, 1.165) is 53.3 Å². The van der Waals surface area contributed by atoms with Crippen molar-refractivity contribution >= 4 is 17.2 Å². The number of thiophene rings is 1. The zero-order valence-electron chi connectivity index (χ0n) is 22.0. The van der Waals surface area contributed by atoms with Crippen LogP contribution in [0.15, 0.2) is 36.4 Å². The number of rotatable bonds is 7. The minimum atomic E-state index is 0.161. The number of aromatic nitrogens is 1. The van der Waals surface area contributed by atoms with Crippen LogP contribution < -0.4 is 4.74 Å². The van der Waals surface area contributed by atoms with Crippen LogP contribution in [0.5, 0.6) is 5.88 Å². The molecule has 2 aliphatic heterocycles. The predicted octanol–water partition coefficient (Wildman–Crippen LogP) is 5.73. The highest BCUT2D eigenvalue weighted by molar-refractivity contribution is 7.12. The molecule has 0 saturated carbocycles. The topological polar surface area (TPSA) is 45.7 Å². The molecule has 1 fully saturated rings. The number of hydrogen-bond donors (Lipinski definition) is 0. The van der Waals surface area contributed by atoms with E-state index in [4.69, 9.17) is 9.72 Å². The molecular formula is C30H37N3O2S. The van der Waals surface area contributed by atoms with Gasteiger partial charge in [0.2, 0.25) is 5.88 Å². The summed E-state index contributed by atoms with van der Waals surface area (Å²) in [6, 6.07) is 12.2. The van der Waals surface area contributed by atoms with Gasteiger partial charge in [-0.25, -0.2) is 4.98 Å². The van der Waals surface area contributed by atoms with Gasteiger partial charge < -0.3 is 14.5 Å². The van der Waals surface area contributed by atoms with E-state index in [0.29, 0.717) is 19.0 Å². The first-order valence-electron chi connectivity index (χ1n) is 13.1. The molecule has 6 heteroatoms. The molecule has 3 aromatic rings. The van der Waals surface area contributed by atoms with Gasteiger partial charge >= 0.3 is 0 Å². The Labute approximate surface area is 219 Å². The average molecular weight is 504 g/mol. The van der Waals surface area contributed by atoms with Crippen LogP contribution in [0.1, 0.15) is 60.9 Å². The zero-order valence-corrected chi connectivity index (χ0v) is 22.8. The van der Waals surface area contributed by atoms with E-state index < -0.39 is 0 Å². The Morgan fingerprint density at radius 3 is 2.58 bits per heavy atom. The van der Waals surface area contributed by atoms with Gasteiger partial charge in [-0.05, 0) is 88.8 Å². The summed E-state index contributed by atoms with van der Waals surface area (Å²) in [4.78, 5) is 25.6. The maximum absolute atomic E-state index is 13.7. The van der Waals surface area contributed by atoms with Gasteiger partial charge in [0.15, 0.2) is 0 Å². The monoisotopic (exact) mass is 503 g/mol. The molecule has 190 valence electrons. The molecule has 4 heterocycles. The highest BCUT2D eigenvalue weighted by atomic mass is 32.1. The lowest BCUT2D eigenvalue weighted by Crippen LogP contribution is -2.37. The van der Waals surface area contributed by atoms with Gasteiger partial charge in [-0.2, -0.15) is 0 Å². The van der Waals surface area contributed by atoms with E-state index in [-0.39, 0.29) is 5.91 Å². The van der Waals surface area contributed by atoms with Crippen LogP contribution in [0, 0.1) is 26.7 Å². The Bertz CT molecular complexity index is 1230. The lowest BCUT2D eigenvalue weighted by atomic mass is 9.91. The van der Waals surface area contributed by atoms with Crippen molar-refractivity contribution in [2.24, 2.45) is 5.92 Å². The van der Waals surface area contributed by atoms with E-state index in [1.165, 1.54) is 41.2 Å². The zero-order chi connectivity index (χ0) is 25.2. The summed E-state index contributed by atoms with van der Waals surface area (Å²) >= 11 is 1.88. The van der Waals surface area contributed by atoms with Gasteiger partial charge in [-0.15, -0.1) is 11.3 Å². The molecule has 0 radical (unpaired) electrons. The average Bonchev–Trinajstić information content (AvgIpc) is 3.18. The number of aryl methyl sites for hydroxylation is 2. The molecule has 0 unspecified atom stereocenters. The molecule has 0 bridgehead atoms. The predicted molar refractivity (Wildman–Crippen MR) is 146 cm³/mol. The molecule has 0 spiro atoms. The second-order valence-electron chi connectivity index (χ2n) is 10.5. The van der Waals surface area contributed by atoms with E-state index in [9.17, 15) is 4.79 Å². The first kappa shape index (κ1) is 25.0. The summed E-state index contributed by atoms with van der Waals surface area (Å²) in [6.07, 6.45) is 4.55. The van der Waals surface area contributed by atoms with E-state index in [2.05, 4.69) is 44.0 Å². The first-order chi connectivity index (χ1) is 17.4. The number of benzene rings is 1. The van der Waals surface area contributed by atoms with Crippen LogP contribution in [-0.4, -0.2) is 47.4 Å². The number of ether oxygens (including phenoxy) is 1. The highest BCUT2D eigenvalue weighted by Gasteiger charge is 2.31. The molecule has 1 saturated heterocycles. The second-order valence-corrected chi connectivity index (χ2v) is 11.7. The minimum Gasteiger partial charge on any atom is -0.473 e. The van der Waals surface area contributed by atoms with Gasteiger partial charge in [-0.3, -0.25) is 4.79 Å². The third kappa shape index (κ3) is 5.35. The normalized spacial score (nSPS) is 16.9. The second kappa shape index (κ2) is 10.7. The molecule has 0 N–H and O–H groups in total. The smallest absolute Gasteiger partial charge is 0.255 e. The minimum absolute atomic E-state index is 0.161. The van der Waals surface area contributed by atoms with E-state index >= 15 is 0 Å². The summed E-state index contributed by atoms with van der Waals surface area (Å²) in [5.74, 6) is 1.53. The van der Waals surface area contributed by atoms with Crippen LogP contribution in [-0.2, 0) is 26.0 Å². The Balaban J connectivity index is 1.33. The van der Waals surface area contributed by atoms with Crippen LogP contribution in [0.3, 0.4) is 0 Å². The number of amides is 1. The molecule has 1 amide bonds. The maximum atomic E-state index is 13.7. The molecule has 5 rings (SSSR count). The fraction of sp³-hybridized carbons (Fsp3) is 0.467. The lowest BCUT2D eigenvalue weighted by Gasteiger charge is -2.29. The fourth-order valence-corrected chi connectivity index (χ4v) is 6.92. The number of nitrogens with zero attached hydrogens (tertiary/aromatic N) is 3. The van der Waals surface area contributed by atoms with Crippen molar-refractivity contribution in [3.05, 3.63) is 79.7 Å². The largest absolute Gasteiger partial charge is 0.473 e. The molecule has 0 aliphatic carbocycles. The number of likely N-dealkylation sites (tertiary alicyclic amines) is 1. The molecule has 0 atom stereocenters. The quantitative estimate of drug-likeness (QED) is 0.413. The van der Waals surface area contributed by atoms with Gasteiger partial charge in [0, 0.05) is 34.0 Å². The number of pyridine rings is 1. The van der Waals surface area contributed by atoms with Crippen LogP contribution >= 0.6 is 11.3 Å². The van der Waals surface area contributed by atoms with Crippen molar-refractivity contribution in [1.82, 2.24) is 14.8 Å². The number of hydrogen-bond acceptors (Lipinski definition) is 5. The van der Waals surface area contributed by atoms with E-state index in [1.54, 1.807) is 0 Å². The Kier molecular flexibility index (Phi) is 7.44. The Morgan fingerprint density at radius 2 is 1.83 bits per heavy atom. The first-order valence-corrected chi connectivity index (χ1v) is 13.9. The third-order valence-corrected chi connectivity index (χ3v) is 9.12. The van der Waals surface area contributed by atoms with Crippen molar-refractivity contribution in [3.8, 4) is 5.88 Å². The Hall–Kier alpha value is -2.70. The summed E-state index contributed by atoms with van der Waals surface area (Å²) in [7, 11) is 2.21. The van der Waals surface area contributed by atoms with E-state index in [1.807, 2.05) is 41.4 Å². The summed E-state index contributed by atoms with van der Waals surface area (Å²) < 4.78 is 6.20. The molecule has 2 aromatic heterocycles. The number of piperidine rings is 1. The maximum Gasteiger partial charge on any atom is 0.255 e. The van der Waals surface area contributed by atoms with Gasteiger partial charge in [-0.1, -0.05) is 30.3 Å². The van der Waals surface area contributed by atoms with Gasteiger partial charge in [0.25, 0.3) is 5.91 Å². The fourth-order valence-electron chi connectivity index (χ4n) is 5.51. The van der Waals surface area contributed by atoms with Crippen molar-refractivity contribution < 1.29 is 9.53 Å². The highest BCUT2D eigenvalue weighted by Crippen LogP contribution is 2.36. The van der Waals surface area contributed by atoms with Gasteiger partial charge in [0.05, 0.1) is 12.1 Å². The summed E-state index contributed by atoms with van der Waals surface area (Å²) in [5.41, 5.74) is 6.33. The third-order valence-electron chi connectivity index (χ3n) is 7.75. The lowest BCUT2D eigenvalue weighted by molar-refractivity contribution is 0.0726. The van der Waals surface area contributed by atoms with Crippen molar-refractivity contribution in [3.63, 3.8) is 0 Å². The van der Waals surface area contributed by atoms with Crippen LogP contribution in [0.4, 0.5) is 0 Å². The van der Waals surface area contributed by atoms with Crippen molar-refractivity contribution in [2.45, 2.75) is 59.6 Å². The van der Waals surface area contributed by atoms with Crippen LogP contribution in [0.25, 0.3) is 0 Å². The molecule has 36 heavy (non-hydrogen) atoms. The van der Waals surface area contributed by atoms with Gasteiger partial charge in [0.1, 0.15) is 6.61 Å². The SMILES string of the molecule is Cc1cc(C)c(CN2CCc3sc(CC4CCN(C)CC4)c(C)c3C2=O)c(OCc2ccccc2)n1. The molecular weight excluding hydrogens is 466 g/mol. The number of carbonyl (C=O) groups is 1. The number of fused-ring (bicyclic) bond motifs is 1.